The largest absolute Gasteiger partial charge is 2.00 e. The molecule has 0 amide bonds. The molecule has 0 fully saturated rings. The Balaban J connectivity index is -0.000000106. The van der Waals surface area contributed by atoms with Crippen LogP contribution in [-0.4, -0.2) is 23.4 Å². The zero-order chi connectivity index (χ0) is 13.4. The number of aliphatic hydroxyl groups excluding tert-OH is 2. The summed E-state index contributed by atoms with van der Waals surface area (Å²) in [6.07, 6.45) is 3.44. The number of aliphatic hydroxyl groups is 2. The summed E-state index contributed by atoms with van der Waals surface area (Å²) in [6, 6.07) is 0. The number of hydrogen-bond acceptors (Lipinski definition) is 2. The molecule has 0 unspecified atom stereocenters. The predicted molar refractivity (Wildman–Crippen MR) is 76.5 cm³/mol. The second kappa shape index (κ2) is 13.5. The summed E-state index contributed by atoms with van der Waals surface area (Å²) in [6.45, 7) is 14.8. The van der Waals surface area contributed by atoms with Crippen LogP contribution in [0.5, 0.6) is 0 Å². The summed E-state index contributed by atoms with van der Waals surface area (Å²) in [5, 5.41) is 15.1. The zero-order valence-corrected chi connectivity index (χ0v) is 14.9. The third kappa shape index (κ3) is 10.1. The van der Waals surface area contributed by atoms with Crippen LogP contribution in [0, 0.1) is 18.9 Å². The fourth-order valence-corrected chi connectivity index (χ4v) is 1.41. The van der Waals surface area contributed by atoms with Gasteiger partial charge in [0.2, 0.25) is 0 Å². The molecule has 1 aliphatic carbocycles. The molecule has 0 aromatic heterocycles. The minimum Gasteiger partial charge on any atom is -0.397 e. The fraction of sp³-hybridized carbons (Fsp3) is 0.667. The molecule has 0 heterocycles. The van der Waals surface area contributed by atoms with Gasteiger partial charge in [-0.1, -0.05) is 33.1 Å². The molecule has 18 heavy (non-hydrogen) atoms. The van der Waals surface area contributed by atoms with Gasteiger partial charge in [-0.25, -0.2) is 5.57 Å². The van der Waals surface area contributed by atoms with E-state index in [1.165, 1.54) is 16.7 Å². The van der Waals surface area contributed by atoms with Crippen LogP contribution in [0.2, 0.25) is 0 Å². The molecule has 0 aromatic rings. The van der Waals surface area contributed by atoms with Crippen LogP contribution < -0.4 is 0 Å². The summed E-state index contributed by atoms with van der Waals surface area (Å²) >= 11 is 0. The van der Waals surface area contributed by atoms with Crippen LogP contribution in [0.4, 0.5) is 0 Å². The third-order valence-corrected chi connectivity index (χ3v) is 2.56. The topological polar surface area (TPSA) is 40.5 Å². The summed E-state index contributed by atoms with van der Waals surface area (Å²) in [5.41, 5.74) is 4.39. The van der Waals surface area contributed by atoms with Crippen molar-refractivity contribution in [1.29, 1.82) is 0 Å². The Bertz CT molecular complexity index is 251. The van der Waals surface area contributed by atoms with E-state index in [2.05, 4.69) is 40.7 Å². The molecule has 1 aliphatic rings. The van der Waals surface area contributed by atoms with Gasteiger partial charge in [-0.3, -0.25) is 6.08 Å². The Morgan fingerprint density at radius 2 is 1.28 bits per heavy atom. The van der Waals surface area contributed by atoms with Crippen molar-refractivity contribution >= 4 is 0 Å². The van der Waals surface area contributed by atoms with Gasteiger partial charge >= 0.3 is 21.7 Å². The fourth-order valence-electron chi connectivity index (χ4n) is 1.41. The van der Waals surface area contributed by atoms with Gasteiger partial charge < -0.3 is 17.6 Å². The third-order valence-electron chi connectivity index (χ3n) is 2.56. The average molecular weight is 290 g/mol. The van der Waals surface area contributed by atoms with Gasteiger partial charge in [-0.2, -0.15) is 11.1 Å². The molecular weight excluding hydrogens is 260 g/mol. The summed E-state index contributed by atoms with van der Waals surface area (Å²) in [4.78, 5) is 0. The molecule has 0 bridgehead atoms. The van der Waals surface area contributed by atoms with Gasteiger partial charge in [0.25, 0.3) is 0 Å². The summed E-state index contributed by atoms with van der Waals surface area (Å²) in [5.74, 6) is 0. The molecule has 3 heteroatoms. The molecule has 2 N–H and O–H groups in total. The molecule has 0 saturated heterocycles. The summed E-state index contributed by atoms with van der Waals surface area (Å²) in [7, 11) is 0. The van der Waals surface area contributed by atoms with Gasteiger partial charge in [-0.15, -0.1) is 6.92 Å². The quantitative estimate of drug-likeness (QED) is 0.529. The molecule has 2 nitrogen and oxygen atoms in total. The van der Waals surface area contributed by atoms with Crippen molar-refractivity contribution < 1.29 is 31.9 Å². The Morgan fingerprint density at radius 1 is 1.00 bits per heavy atom. The van der Waals surface area contributed by atoms with Gasteiger partial charge in [-0.05, 0) is 13.8 Å². The minimum atomic E-state index is 0. The number of hydrogen-bond donors (Lipinski definition) is 2. The van der Waals surface area contributed by atoms with E-state index in [-0.39, 0.29) is 47.8 Å². The molecular formula is C15H30O2Ti. The van der Waals surface area contributed by atoms with E-state index < -0.39 is 0 Å². The van der Waals surface area contributed by atoms with Gasteiger partial charge in [0.05, 0.1) is 0 Å². The Labute approximate surface area is 129 Å². The first-order valence-electron chi connectivity index (χ1n) is 5.80. The molecule has 106 valence electrons. The van der Waals surface area contributed by atoms with Crippen molar-refractivity contribution in [2.75, 3.05) is 13.2 Å². The monoisotopic (exact) mass is 290 g/mol. The van der Waals surface area contributed by atoms with Crippen molar-refractivity contribution in [3.05, 3.63) is 30.2 Å². The number of allylic oxidation sites excluding steroid dienone is 4. The molecule has 0 atom stereocenters. The van der Waals surface area contributed by atoms with Crippen LogP contribution in [0.3, 0.4) is 0 Å². The smallest absolute Gasteiger partial charge is 0.397 e. The Hall–Kier alpha value is 0.114. The second-order valence-electron chi connectivity index (χ2n) is 4.26. The zero-order valence-electron chi connectivity index (χ0n) is 13.3. The minimum absolute atomic E-state index is 0. The van der Waals surface area contributed by atoms with Crippen molar-refractivity contribution in [2.24, 2.45) is 5.41 Å². The summed E-state index contributed by atoms with van der Waals surface area (Å²) < 4.78 is 0. The molecule has 0 radical (unpaired) electrons. The van der Waals surface area contributed by atoms with Gasteiger partial charge in [0, 0.05) is 13.2 Å². The number of rotatable bonds is 0. The van der Waals surface area contributed by atoms with E-state index in [0.717, 1.165) is 0 Å². The molecule has 0 saturated carbocycles. The van der Waals surface area contributed by atoms with Crippen LogP contribution >= 0.6 is 0 Å². The van der Waals surface area contributed by atoms with Crippen molar-refractivity contribution in [3.63, 3.8) is 0 Å². The maximum absolute atomic E-state index is 7.57. The van der Waals surface area contributed by atoms with E-state index in [9.17, 15) is 0 Å². The molecule has 0 spiro atoms. The Morgan fingerprint density at radius 3 is 1.33 bits per heavy atom. The van der Waals surface area contributed by atoms with E-state index in [1.54, 1.807) is 13.8 Å². The van der Waals surface area contributed by atoms with Crippen molar-refractivity contribution in [1.82, 2.24) is 0 Å². The first kappa shape index (κ1) is 26.6. The first-order valence-corrected chi connectivity index (χ1v) is 5.80. The molecule has 1 rings (SSSR count). The second-order valence-corrected chi connectivity index (χ2v) is 4.26. The van der Waals surface area contributed by atoms with E-state index in [0.29, 0.717) is 0 Å². The normalized spacial score (nSPS) is 15.1. The van der Waals surface area contributed by atoms with Crippen molar-refractivity contribution in [2.45, 2.75) is 48.5 Å². The molecule has 0 aromatic carbocycles. The van der Waals surface area contributed by atoms with Gasteiger partial charge in [0.15, 0.2) is 0 Å². The Kier molecular flexibility index (Phi) is 20.0. The maximum Gasteiger partial charge on any atom is 2.00 e. The first-order chi connectivity index (χ1) is 7.28. The molecule has 0 aliphatic heterocycles. The van der Waals surface area contributed by atoms with Crippen LogP contribution in [-0.2, 0) is 21.7 Å². The predicted octanol–water partition coefficient (Wildman–Crippen LogP) is 3.56. The standard InChI is InChI=1S/C10H15.2C2H6O.CH3.Ti/c1-7-6-10(4,5)9(3)8(7)2;2*1-2-3;;/h1-5H3;2*3H,2H2,1H3;1H3;/q-1;;;-1;+2. The average Bonchev–Trinajstić information content (AvgIpc) is 2.32. The SMILES string of the molecule is CC1=[C-]C(C)(C)C(C)=C1C.CCO.CCO.[CH3-].[Ti+2]. The van der Waals surface area contributed by atoms with Crippen molar-refractivity contribution in [3.8, 4) is 0 Å². The van der Waals surface area contributed by atoms with Gasteiger partial charge in [0.1, 0.15) is 0 Å². The van der Waals surface area contributed by atoms with E-state index >= 15 is 0 Å². The van der Waals surface area contributed by atoms with Crippen LogP contribution in [0.25, 0.3) is 0 Å². The van der Waals surface area contributed by atoms with Crippen LogP contribution in [0.1, 0.15) is 48.5 Å². The van der Waals surface area contributed by atoms with E-state index in [1.807, 2.05) is 0 Å². The van der Waals surface area contributed by atoms with E-state index in [4.69, 9.17) is 10.2 Å². The maximum atomic E-state index is 7.57. The van der Waals surface area contributed by atoms with Crippen LogP contribution in [0.15, 0.2) is 16.7 Å².